The van der Waals surface area contributed by atoms with Crippen LogP contribution in [0.1, 0.15) is 20.8 Å². The van der Waals surface area contributed by atoms with Gasteiger partial charge in [-0.15, -0.1) is 11.3 Å². The van der Waals surface area contributed by atoms with Crippen molar-refractivity contribution in [3.8, 4) is 11.3 Å². The Labute approximate surface area is 166 Å². The number of hydrogen-bond acceptors (Lipinski definition) is 4. The first-order valence-corrected chi connectivity index (χ1v) is 9.68. The normalized spacial score (nSPS) is 12.2. The van der Waals surface area contributed by atoms with E-state index in [1.54, 1.807) is 10.7 Å². The first kappa shape index (κ1) is 19.5. The van der Waals surface area contributed by atoms with Crippen molar-refractivity contribution in [2.24, 2.45) is 12.8 Å². The topological polar surface area (TPSA) is 72.9 Å². The van der Waals surface area contributed by atoms with Crippen LogP contribution in [0, 0.1) is 12.7 Å². The number of aryl methyl sites for hydroxylation is 1. The Kier molecular flexibility index (Phi) is 5.94. The van der Waals surface area contributed by atoms with Gasteiger partial charge in [0.05, 0.1) is 10.6 Å². The summed E-state index contributed by atoms with van der Waals surface area (Å²) in [5.74, 6) is -0.508. The second-order valence-corrected chi connectivity index (χ2v) is 7.60. The van der Waals surface area contributed by atoms with Gasteiger partial charge in [-0.1, -0.05) is 23.7 Å². The molecule has 5 nitrogen and oxygen atoms in total. The molecule has 2 aromatic heterocycles. The summed E-state index contributed by atoms with van der Waals surface area (Å²) in [6.07, 6.45) is 0.467. The fourth-order valence-corrected chi connectivity index (χ4v) is 3.98. The van der Waals surface area contributed by atoms with E-state index in [0.29, 0.717) is 16.5 Å². The lowest BCUT2D eigenvalue weighted by molar-refractivity contribution is 0.0942. The molecule has 27 heavy (non-hydrogen) atoms. The molecule has 3 N–H and O–H groups in total. The predicted molar refractivity (Wildman–Crippen MR) is 107 cm³/mol. The fourth-order valence-electron chi connectivity index (χ4n) is 2.98. The van der Waals surface area contributed by atoms with Gasteiger partial charge in [0.2, 0.25) is 0 Å². The van der Waals surface area contributed by atoms with Gasteiger partial charge >= 0.3 is 0 Å². The van der Waals surface area contributed by atoms with Crippen LogP contribution in [0.4, 0.5) is 4.39 Å². The molecule has 3 rings (SSSR count). The van der Waals surface area contributed by atoms with E-state index in [-0.39, 0.29) is 24.3 Å². The molecule has 0 aliphatic carbocycles. The third kappa shape index (κ3) is 4.37. The highest BCUT2D eigenvalue weighted by molar-refractivity contribution is 7.12. The maximum absolute atomic E-state index is 13.3. The summed E-state index contributed by atoms with van der Waals surface area (Å²) in [6, 6.07) is 7.84. The van der Waals surface area contributed by atoms with Crippen molar-refractivity contribution in [1.82, 2.24) is 15.1 Å². The van der Waals surface area contributed by atoms with Crippen molar-refractivity contribution in [3.05, 3.63) is 62.7 Å². The minimum Gasteiger partial charge on any atom is -0.347 e. The van der Waals surface area contributed by atoms with Crippen molar-refractivity contribution >= 4 is 28.8 Å². The van der Waals surface area contributed by atoms with Gasteiger partial charge in [0, 0.05) is 36.1 Å². The summed E-state index contributed by atoms with van der Waals surface area (Å²) in [5, 5.41) is 9.47. The fraction of sp³-hybridized carbons (Fsp3) is 0.263. The van der Waals surface area contributed by atoms with Crippen LogP contribution in [-0.2, 0) is 13.5 Å². The molecule has 0 aliphatic rings. The van der Waals surface area contributed by atoms with Gasteiger partial charge in [0.1, 0.15) is 5.82 Å². The summed E-state index contributed by atoms with van der Waals surface area (Å²) in [7, 11) is 1.81. The number of hydrogen-bond donors (Lipinski definition) is 2. The van der Waals surface area contributed by atoms with Crippen LogP contribution in [-0.4, -0.2) is 28.3 Å². The average Bonchev–Trinajstić information content (AvgIpc) is 3.19. The molecule has 8 heteroatoms. The van der Waals surface area contributed by atoms with E-state index >= 15 is 0 Å². The second kappa shape index (κ2) is 8.21. The largest absolute Gasteiger partial charge is 0.347 e. The Balaban J connectivity index is 1.73. The molecule has 0 unspecified atom stereocenters. The van der Waals surface area contributed by atoms with Crippen LogP contribution >= 0.6 is 22.9 Å². The van der Waals surface area contributed by atoms with Crippen LogP contribution in [0.15, 0.2) is 35.7 Å². The van der Waals surface area contributed by atoms with Gasteiger partial charge in [-0.05, 0) is 37.1 Å². The number of carbonyl (C=O) groups excluding carboxylic acids is 1. The lowest BCUT2D eigenvalue weighted by Crippen LogP contribution is -2.41. The monoisotopic (exact) mass is 406 g/mol. The molecule has 1 amide bonds. The Hall–Kier alpha value is -2.22. The number of aromatic nitrogens is 2. The average molecular weight is 407 g/mol. The Morgan fingerprint density at radius 2 is 2.22 bits per heavy atom. The third-order valence-electron chi connectivity index (χ3n) is 4.31. The minimum atomic E-state index is -0.303. The molecule has 1 aromatic carbocycles. The molecule has 0 radical (unpaired) electrons. The zero-order valence-electron chi connectivity index (χ0n) is 15.0. The Morgan fingerprint density at radius 1 is 1.44 bits per heavy atom. The van der Waals surface area contributed by atoms with E-state index in [9.17, 15) is 9.18 Å². The first-order valence-electron chi connectivity index (χ1n) is 8.42. The van der Waals surface area contributed by atoms with Crippen LogP contribution in [0.2, 0.25) is 5.15 Å². The lowest BCUT2D eigenvalue weighted by atomic mass is 10.1. The molecule has 0 fully saturated rings. The molecule has 0 saturated carbocycles. The van der Waals surface area contributed by atoms with E-state index in [1.165, 1.54) is 23.5 Å². The number of rotatable bonds is 6. The first-order chi connectivity index (χ1) is 12.9. The smallest absolute Gasteiger partial charge is 0.261 e. The lowest BCUT2D eigenvalue weighted by Gasteiger charge is -2.16. The molecule has 3 aromatic rings. The van der Waals surface area contributed by atoms with Gasteiger partial charge < -0.3 is 11.1 Å². The predicted octanol–water partition coefficient (Wildman–Crippen LogP) is 3.55. The number of carbonyl (C=O) groups is 1. The van der Waals surface area contributed by atoms with Crippen LogP contribution in [0.25, 0.3) is 11.3 Å². The highest BCUT2D eigenvalue weighted by Crippen LogP contribution is 2.31. The molecule has 0 aliphatic heterocycles. The number of amides is 1. The van der Waals surface area contributed by atoms with E-state index < -0.39 is 0 Å². The van der Waals surface area contributed by atoms with Crippen LogP contribution in [0.3, 0.4) is 0 Å². The SMILES string of the molecule is Cc1c(Cl)nn(C)c1-c1csc(C(=O)N[C@H](CN)Cc2cccc(F)c2)c1. The molecule has 1 atom stereocenters. The number of nitrogens with two attached hydrogens (primary N) is 1. The third-order valence-corrected chi connectivity index (χ3v) is 5.60. The Morgan fingerprint density at radius 3 is 2.85 bits per heavy atom. The minimum absolute atomic E-state index is 0.205. The zero-order valence-corrected chi connectivity index (χ0v) is 16.6. The zero-order chi connectivity index (χ0) is 19.6. The molecular weight excluding hydrogens is 387 g/mol. The van der Waals surface area contributed by atoms with Gasteiger partial charge in [-0.2, -0.15) is 5.10 Å². The molecule has 142 valence electrons. The number of benzene rings is 1. The van der Waals surface area contributed by atoms with Crippen LogP contribution < -0.4 is 11.1 Å². The standard InChI is InChI=1S/C19H20ClFN4OS/c1-11-17(25(2)24-18(11)20)13-8-16(27-10-13)19(26)23-15(9-22)7-12-4-3-5-14(21)6-12/h3-6,8,10,15H,7,9,22H2,1-2H3,(H,23,26)/t15-/m0/s1. The highest BCUT2D eigenvalue weighted by atomic mass is 35.5. The van der Waals surface area contributed by atoms with E-state index in [1.807, 2.05) is 31.5 Å². The summed E-state index contributed by atoms with van der Waals surface area (Å²) in [4.78, 5) is 13.2. The van der Waals surface area contributed by atoms with Crippen LogP contribution in [0.5, 0.6) is 0 Å². The van der Waals surface area contributed by atoms with Crippen molar-refractivity contribution in [1.29, 1.82) is 0 Å². The molecule has 0 saturated heterocycles. The van der Waals surface area contributed by atoms with Crippen molar-refractivity contribution in [2.75, 3.05) is 6.54 Å². The number of thiophene rings is 1. The van der Waals surface area contributed by atoms with Gasteiger partial charge in [-0.3, -0.25) is 9.48 Å². The molecular formula is C19H20ClFN4OS. The number of nitrogens with one attached hydrogen (secondary N) is 1. The van der Waals surface area contributed by atoms with Gasteiger partial charge in [0.15, 0.2) is 5.15 Å². The van der Waals surface area contributed by atoms with E-state index in [4.69, 9.17) is 17.3 Å². The summed E-state index contributed by atoms with van der Waals surface area (Å²) >= 11 is 7.42. The molecule has 0 bridgehead atoms. The molecule has 0 spiro atoms. The van der Waals surface area contributed by atoms with E-state index in [2.05, 4.69) is 10.4 Å². The quantitative estimate of drug-likeness (QED) is 0.657. The van der Waals surface area contributed by atoms with Crippen molar-refractivity contribution < 1.29 is 9.18 Å². The van der Waals surface area contributed by atoms with Gasteiger partial charge in [-0.25, -0.2) is 4.39 Å². The van der Waals surface area contributed by atoms with Crippen molar-refractivity contribution in [2.45, 2.75) is 19.4 Å². The maximum Gasteiger partial charge on any atom is 0.261 e. The summed E-state index contributed by atoms with van der Waals surface area (Å²) < 4.78 is 15.0. The van der Waals surface area contributed by atoms with Gasteiger partial charge in [0.25, 0.3) is 5.91 Å². The number of nitrogens with zero attached hydrogens (tertiary/aromatic N) is 2. The maximum atomic E-state index is 13.3. The number of halogens is 2. The van der Waals surface area contributed by atoms with E-state index in [0.717, 1.165) is 22.4 Å². The highest BCUT2D eigenvalue weighted by Gasteiger charge is 2.18. The summed E-state index contributed by atoms with van der Waals surface area (Å²) in [6.45, 7) is 2.16. The Bertz CT molecular complexity index is 969. The molecule has 2 heterocycles. The summed E-state index contributed by atoms with van der Waals surface area (Å²) in [5.41, 5.74) is 9.22. The van der Waals surface area contributed by atoms with Crippen molar-refractivity contribution in [3.63, 3.8) is 0 Å². The second-order valence-electron chi connectivity index (χ2n) is 6.33.